The Hall–Kier alpha value is -2.84. The highest BCUT2D eigenvalue weighted by Crippen LogP contribution is 2.38. The number of ether oxygens (including phenoxy) is 1. The summed E-state index contributed by atoms with van der Waals surface area (Å²) in [7, 11) is 0. The fraction of sp³-hybridized carbons (Fsp3) is 0.522. The maximum atomic E-state index is 12.7. The van der Waals surface area contributed by atoms with Gasteiger partial charge in [0.2, 0.25) is 5.78 Å². The molecule has 2 aromatic heterocycles. The van der Waals surface area contributed by atoms with Crippen LogP contribution in [0.4, 0.5) is 19.0 Å². The lowest BCUT2D eigenvalue weighted by molar-refractivity contribution is -0.148. The van der Waals surface area contributed by atoms with E-state index >= 15 is 0 Å². The number of pyridine rings is 1. The van der Waals surface area contributed by atoms with Crippen molar-refractivity contribution >= 4 is 17.6 Å². The molecule has 0 N–H and O–H groups in total. The molecule has 0 aromatic carbocycles. The predicted molar refractivity (Wildman–Crippen MR) is 112 cm³/mol. The second-order valence-electron chi connectivity index (χ2n) is 8.58. The van der Waals surface area contributed by atoms with Crippen molar-refractivity contribution in [3.05, 3.63) is 46.9 Å². The van der Waals surface area contributed by atoms with Crippen LogP contribution in [0.25, 0.3) is 0 Å². The fourth-order valence-electron chi connectivity index (χ4n) is 4.37. The van der Waals surface area contributed by atoms with Gasteiger partial charge in [0.1, 0.15) is 5.82 Å². The van der Waals surface area contributed by atoms with Crippen LogP contribution < -0.4 is 4.90 Å². The molecule has 1 saturated carbocycles. The second kappa shape index (κ2) is 8.60. The summed E-state index contributed by atoms with van der Waals surface area (Å²) in [5.41, 5.74) is 1.78. The summed E-state index contributed by atoms with van der Waals surface area (Å²) in [6.07, 6.45) is -0.365. The summed E-state index contributed by atoms with van der Waals surface area (Å²) in [6, 6.07) is 4.69. The summed E-state index contributed by atoms with van der Waals surface area (Å²) < 4.78 is 45.6. The molecule has 3 heterocycles. The number of hydrogen-bond acceptors (Lipinski definition) is 5. The van der Waals surface area contributed by atoms with Crippen molar-refractivity contribution in [2.24, 2.45) is 5.92 Å². The van der Waals surface area contributed by atoms with Gasteiger partial charge in [0.25, 0.3) is 0 Å². The van der Waals surface area contributed by atoms with E-state index in [1.165, 1.54) is 6.07 Å². The molecule has 2 fully saturated rings. The maximum absolute atomic E-state index is 12.7. The highest BCUT2D eigenvalue weighted by atomic mass is 19.4. The van der Waals surface area contributed by atoms with Crippen LogP contribution in [-0.4, -0.2) is 41.0 Å². The number of aromatic nitrogens is 2. The molecule has 1 saturated heterocycles. The van der Waals surface area contributed by atoms with Crippen LogP contribution >= 0.6 is 0 Å². The van der Waals surface area contributed by atoms with Gasteiger partial charge in [-0.05, 0) is 57.7 Å². The van der Waals surface area contributed by atoms with E-state index in [2.05, 4.69) is 9.55 Å². The molecule has 1 aliphatic heterocycles. The van der Waals surface area contributed by atoms with Crippen molar-refractivity contribution in [2.45, 2.75) is 51.7 Å². The van der Waals surface area contributed by atoms with Gasteiger partial charge < -0.3 is 14.2 Å². The molecular formula is C23H26F3N3O3. The highest BCUT2D eigenvalue weighted by Gasteiger charge is 2.32. The van der Waals surface area contributed by atoms with Gasteiger partial charge in [0.15, 0.2) is 6.61 Å². The second-order valence-corrected chi connectivity index (χ2v) is 8.58. The third-order valence-corrected chi connectivity index (χ3v) is 6.27. The quantitative estimate of drug-likeness (QED) is 0.480. The molecule has 0 radical (unpaired) electrons. The van der Waals surface area contributed by atoms with Gasteiger partial charge in [-0.2, -0.15) is 13.2 Å². The standard InChI is InChI=1S/C23H26F3N3O3/c1-14-11-19(15(2)29(14)18-4-5-18)20(30)13-32-22(31)16-7-9-28(10-8-16)21-6-3-17(12-27-21)23(24,25)26/h3,6,11-12,16,18H,4-5,7-10,13H2,1-2H3. The molecule has 2 aromatic rings. The van der Waals surface area contributed by atoms with E-state index in [-0.39, 0.29) is 18.3 Å². The number of halogens is 3. The minimum atomic E-state index is -4.42. The Morgan fingerprint density at radius 1 is 1.12 bits per heavy atom. The predicted octanol–water partition coefficient (Wildman–Crippen LogP) is 4.50. The van der Waals surface area contributed by atoms with Gasteiger partial charge >= 0.3 is 12.1 Å². The molecule has 6 nitrogen and oxygen atoms in total. The molecular weight excluding hydrogens is 423 g/mol. The molecule has 0 unspecified atom stereocenters. The van der Waals surface area contributed by atoms with Crippen molar-refractivity contribution < 1.29 is 27.5 Å². The van der Waals surface area contributed by atoms with E-state index in [4.69, 9.17) is 4.74 Å². The molecule has 1 aliphatic carbocycles. The first kappa shape index (κ1) is 22.4. The van der Waals surface area contributed by atoms with Crippen LogP contribution in [0.2, 0.25) is 0 Å². The third-order valence-electron chi connectivity index (χ3n) is 6.27. The number of carbonyl (C=O) groups excluding carboxylic acids is 2. The van der Waals surface area contributed by atoms with E-state index in [0.717, 1.165) is 36.5 Å². The van der Waals surface area contributed by atoms with Crippen LogP contribution in [0, 0.1) is 19.8 Å². The molecule has 0 amide bonds. The van der Waals surface area contributed by atoms with Gasteiger partial charge in [-0.25, -0.2) is 4.98 Å². The number of carbonyl (C=O) groups is 2. The lowest BCUT2D eigenvalue weighted by atomic mass is 9.97. The summed E-state index contributed by atoms with van der Waals surface area (Å²) in [5, 5.41) is 0. The van der Waals surface area contributed by atoms with E-state index < -0.39 is 17.7 Å². The van der Waals surface area contributed by atoms with E-state index in [9.17, 15) is 22.8 Å². The highest BCUT2D eigenvalue weighted by molar-refractivity contribution is 5.99. The largest absolute Gasteiger partial charge is 0.457 e. The zero-order valence-corrected chi connectivity index (χ0v) is 18.1. The maximum Gasteiger partial charge on any atom is 0.417 e. The van der Waals surface area contributed by atoms with Crippen molar-refractivity contribution in [2.75, 3.05) is 24.6 Å². The lowest BCUT2D eigenvalue weighted by Crippen LogP contribution is -2.37. The molecule has 172 valence electrons. The van der Waals surface area contributed by atoms with Gasteiger partial charge in [-0.1, -0.05) is 0 Å². The van der Waals surface area contributed by atoms with Crippen LogP contribution in [0.3, 0.4) is 0 Å². The molecule has 4 rings (SSSR count). The first-order valence-corrected chi connectivity index (χ1v) is 10.8. The SMILES string of the molecule is Cc1cc(C(=O)COC(=O)C2CCN(c3ccc(C(F)(F)F)cn3)CC2)c(C)n1C1CC1. The summed E-state index contributed by atoms with van der Waals surface area (Å²) in [4.78, 5) is 30.8. The van der Waals surface area contributed by atoms with Crippen molar-refractivity contribution in [3.63, 3.8) is 0 Å². The number of alkyl halides is 3. The Balaban J connectivity index is 1.28. The average Bonchev–Trinajstić information content (AvgIpc) is 3.55. The van der Waals surface area contributed by atoms with Gasteiger partial charge in [-0.3, -0.25) is 9.59 Å². The molecule has 0 spiro atoms. The summed E-state index contributed by atoms with van der Waals surface area (Å²) in [6.45, 7) is 4.58. The Bertz CT molecular complexity index is 1000. The zero-order chi connectivity index (χ0) is 23.0. The Morgan fingerprint density at radius 3 is 2.38 bits per heavy atom. The van der Waals surface area contributed by atoms with Gasteiger partial charge in [-0.15, -0.1) is 0 Å². The van der Waals surface area contributed by atoms with Crippen molar-refractivity contribution in [1.29, 1.82) is 0 Å². The first-order chi connectivity index (χ1) is 15.1. The van der Waals surface area contributed by atoms with E-state index in [1.807, 2.05) is 24.8 Å². The third kappa shape index (κ3) is 4.66. The number of nitrogens with zero attached hydrogens (tertiary/aromatic N) is 3. The molecule has 32 heavy (non-hydrogen) atoms. The summed E-state index contributed by atoms with van der Waals surface area (Å²) >= 11 is 0. The van der Waals surface area contributed by atoms with Crippen LogP contribution in [0.15, 0.2) is 24.4 Å². The molecule has 0 bridgehead atoms. The lowest BCUT2D eigenvalue weighted by Gasteiger charge is -2.31. The number of esters is 1. The van der Waals surface area contributed by atoms with Crippen LogP contribution in [0.5, 0.6) is 0 Å². The number of anilines is 1. The van der Waals surface area contributed by atoms with Crippen LogP contribution in [-0.2, 0) is 15.7 Å². The molecule has 0 atom stereocenters. The molecule has 9 heteroatoms. The minimum Gasteiger partial charge on any atom is -0.457 e. The number of ketones is 1. The minimum absolute atomic E-state index is 0.204. The average molecular weight is 449 g/mol. The van der Waals surface area contributed by atoms with Crippen LogP contribution in [0.1, 0.15) is 59.0 Å². The van der Waals surface area contributed by atoms with Gasteiger partial charge in [0.05, 0.1) is 11.5 Å². The normalized spacial score (nSPS) is 17.5. The van der Waals surface area contributed by atoms with Gasteiger partial charge in [0, 0.05) is 42.3 Å². The number of rotatable bonds is 6. The number of piperidine rings is 1. The van der Waals surface area contributed by atoms with E-state index in [0.29, 0.717) is 43.4 Å². The van der Waals surface area contributed by atoms with Crippen molar-refractivity contribution in [3.8, 4) is 0 Å². The Morgan fingerprint density at radius 2 is 1.81 bits per heavy atom. The molecule has 2 aliphatic rings. The number of Topliss-reactive ketones (excluding diaryl/α,β-unsaturated/α-hetero) is 1. The zero-order valence-electron chi connectivity index (χ0n) is 18.1. The number of aryl methyl sites for hydroxylation is 1. The fourth-order valence-corrected chi connectivity index (χ4v) is 4.37. The monoisotopic (exact) mass is 449 g/mol. The number of hydrogen-bond donors (Lipinski definition) is 0. The smallest absolute Gasteiger partial charge is 0.417 e. The van der Waals surface area contributed by atoms with E-state index in [1.54, 1.807) is 0 Å². The Kier molecular flexibility index (Phi) is 6.01. The van der Waals surface area contributed by atoms with Crippen molar-refractivity contribution in [1.82, 2.24) is 9.55 Å². The first-order valence-electron chi connectivity index (χ1n) is 10.8. The topological polar surface area (TPSA) is 64.4 Å². The Labute approximate surface area is 184 Å². The summed E-state index contributed by atoms with van der Waals surface area (Å²) in [5.74, 6) is -0.502.